The molecular weight excluding hydrogens is 151 g/mol. The Morgan fingerprint density at radius 1 is 1.50 bits per heavy atom. The van der Waals surface area contributed by atoms with Crippen molar-refractivity contribution in [2.45, 2.75) is 19.8 Å². The lowest BCUT2D eigenvalue weighted by molar-refractivity contribution is 0.606. The number of halogens is 1. The highest BCUT2D eigenvalue weighted by Gasteiger charge is 2.07. The molecule has 0 N–H and O–H groups in total. The zero-order valence-electron chi connectivity index (χ0n) is 7.26. The fourth-order valence-corrected chi connectivity index (χ4v) is 1.08. The van der Waals surface area contributed by atoms with Crippen LogP contribution in [0, 0.1) is 25.1 Å². The summed E-state index contributed by atoms with van der Waals surface area (Å²) in [5.74, 6) is 2.14. The molecule has 0 nitrogen and oxygen atoms in total. The number of hydrogen-bond acceptors (Lipinski definition) is 0. The fraction of sp³-hybridized carbons (Fsp3) is 0.273. The van der Waals surface area contributed by atoms with Crippen LogP contribution in [0.15, 0.2) is 18.2 Å². The quantitative estimate of drug-likeness (QED) is 0.557. The fourth-order valence-electron chi connectivity index (χ4n) is 1.08. The molecule has 0 amide bonds. The van der Waals surface area contributed by atoms with Crippen LogP contribution in [0.3, 0.4) is 0 Å². The largest absolute Gasteiger partial charge is 0.207 e. The predicted octanol–water partition coefficient (Wildman–Crippen LogP) is 2.87. The lowest BCUT2D eigenvalue weighted by atomic mass is 10.00. The van der Waals surface area contributed by atoms with Gasteiger partial charge in [-0.05, 0) is 19.9 Å². The van der Waals surface area contributed by atoms with Crippen molar-refractivity contribution in [3.63, 3.8) is 0 Å². The number of terminal acetylenes is 1. The van der Waals surface area contributed by atoms with Crippen LogP contribution in [0.5, 0.6) is 0 Å². The van der Waals surface area contributed by atoms with Gasteiger partial charge in [0, 0.05) is 11.5 Å². The van der Waals surface area contributed by atoms with Crippen molar-refractivity contribution in [1.29, 1.82) is 0 Å². The van der Waals surface area contributed by atoms with E-state index in [1.165, 1.54) is 6.07 Å². The molecule has 0 fully saturated rings. The van der Waals surface area contributed by atoms with E-state index in [0.29, 0.717) is 5.56 Å². The summed E-state index contributed by atoms with van der Waals surface area (Å²) in [6.45, 7) is 3.74. The third-order valence-electron chi connectivity index (χ3n) is 1.87. The second-order valence-electron chi connectivity index (χ2n) is 2.91. The first kappa shape index (κ1) is 8.80. The average Bonchev–Trinajstić information content (AvgIpc) is 2.08. The van der Waals surface area contributed by atoms with Crippen molar-refractivity contribution >= 4 is 0 Å². The van der Waals surface area contributed by atoms with Crippen LogP contribution >= 0.6 is 0 Å². The van der Waals surface area contributed by atoms with Gasteiger partial charge in [0.1, 0.15) is 5.82 Å². The zero-order valence-corrected chi connectivity index (χ0v) is 7.26. The first-order valence-electron chi connectivity index (χ1n) is 3.87. The summed E-state index contributed by atoms with van der Waals surface area (Å²) in [5, 5.41) is 0. The minimum atomic E-state index is -0.217. The Bertz CT molecular complexity index is 320. The van der Waals surface area contributed by atoms with E-state index >= 15 is 0 Å². The van der Waals surface area contributed by atoms with Gasteiger partial charge in [-0.15, -0.1) is 6.42 Å². The van der Waals surface area contributed by atoms with E-state index in [-0.39, 0.29) is 11.7 Å². The summed E-state index contributed by atoms with van der Waals surface area (Å²) in [6, 6.07) is 4.99. The van der Waals surface area contributed by atoms with Gasteiger partial charge >= 0.3 is 0 Å². The Hall–Kier alpha value is -1.29. The van der Waals surface area contributed by atoms with Gasteiger partial charge in [0.2, 0.25) is 0 Å². The average molecular weight is 162 g/mol. The smallest absolute Gasteiger partial charge is 0.127 e. The van der Waals surface area contributed by atoms with E-state index in [2.05, 4.69) is 5.92 Å². The number of benzene rings is 1. The van der Waals surface area contributed by atoms with E-state index in [4.69, 9.17) is 6.42 Å². The number of rotatable bonds is 1. The van der Waals surface area contributed by atoms with Crippen LogP contribution in [-0.2, 0) is 0 Å². The van der Waals surface area contributed by atoms with Crippen molar-refractivity contribution in [2.24, 2.45) is 0 Å². The van der Waals surface area contributed by atoms with E-state index in [1.807, 2.05) is 13.8 Å². The van der Waals surface area contributed by atoms with Crippen LogP contribution in [-0.4, -0.2) is 0 Å². The number of hydrogen-bond donors (Lipinski definition) is 0. The maximum atomic E-state index is 13.1. The molecule has 0 spiro atoms. The lowest BCUT2D eigenvalue weighted by Gasteiger charge is -2.06. The van der Waals surface area contributed by atoms with Crippen molar-refractivity contribution < 1.29 is 4.39 Å². The van der Waals surface area contributed by atoms with Gasteiger partial charge in [0.05, 0.1) is 0 Å². The van der Waals surface area contributed by atoms with Gasteiger partial charge in [0.15, 0.2) is 0 Å². The first-order valence-corrected chi connectivity index (χ1v) is 3.87. The van der Waals surface area contributed by atoms with E-state index in [9.17, 15) is 4.39 Å². The summed E-state index contributed by atoms with van der Waals surface area (Å²) in [7, 11) is 0. The van der Waals surface area contributed by atoms with Gasteiger partial charge in [-0.3, -0.25) is 0 Å². The maximum absolute atomic E-state index is 13.1. The second-order valence-corrected chi connectivity index (χ2v) is 2.91. The highest BCUT2D eigenvalue weighted by atomic mass is 19.1. The minimum absolute atomic E-state index is 0.148. The van der Waals surface area contributed by atoms with Crippen LogP contribution in [0.4, 0.5) is 4.39 Å². The molecule has 0 aliphatic heterocycles. The number of aryl methyl sites for hydroxylation is 1. The van der Waals surface area contributed by atoms with Crippen molar-refractivity contribution in [3.8, 4) is 12.3 Å². The highest BCUT2D eigenvalue weighted by molar-refractivity contribution is 5.30. The predicted molar refractivity (Wildman–Crippen MR) is 48.4 cm³/mol. The Balaban J connectivity index is 3.15. The molecule has 0 saturated carbocycles. The molecule has 0 bridgehead atoms. The molecule has 0 saturated heterocycles. The van der Waals surface area contributed by atoms with Crippen molar-refractivity contribution in [3.05, 3.63) is 35.1 Å². The van der Waals surface area contributed by atoms with E-state index < -0.39 is 0 Å². The normalized spacial score (nSPS) is 12.2. The summed E-state index contributed by atoms with van der Waals surface area (Å²) in [4.78, 5) is 0. The molecule has 0 radical (unpaired) electrons. The first-order chi connectivity index (χ1) is 5.65. The Kier molecular flexibility index (Phi) is 2.50. The SMILES string of the molecule is C#CC(C)c1cc(C)ccc1F. The van der Waals surface area contributed by atoms with Gasteiger partial charge in [-0.1, -0.05) is 23.6 Å². The van der Waals surface area contributed by atoms with Crippen LogP contribution < -0.4 is 0 Å². The molecule has 0 aliphatic rings. The monoisotopic (exact) mass is 162 g/mol. The minimum Gasteiger partial charge on any atom is -0.207 e. The lowest BCUT2D eigenvalue weighted by Crippen LogP contribution is -1.94. The van der Waals surface area contributed by atoms with Gasteiger partial charge in [-0.2, -0.15) is 0 Å². The summed E-state index contributed by atoms with van der Waals surface area (Å²) in [6.07, 6.45) is 5.21. The van der Waals surface area contributed by atoms with Crippen molar-refractivity contribution in [1.82, 2.24) is 0 Å². The summed E-state index contributed by atoms with van der Waals surface area (Å²) in [5.41, 5.74) is 1.64. The standard InChI is InChI=1S/C11H11F/c1-4-9(3)10-7-8(2)5-6-11(10)12/h1,5-7,9H,2-3H3. The second kappa shape index (κ2) is 3.40. The Morgan fingerprint density at radius 2 is 2.17 bits per heavy atom. The van der Waals surface area contributed by atoms with Gasteiger partial charge < -0.3 is 0 Å². The highest BCUT2D eigenvalue weighted by Crippen LogP contribution is 2.19. The zero-order chi connectivity index (χ0) is 9.14. The molecule has 12 heavy (non-hydrogen) atoms. The molecule has 1 aromatic carbocycles. The molecule has 1 atom stereocenters. The van der Waals surface area contributed by atoms with Gasteiger partial charge in [-0.25, -0.2) is 4.39 Å². The van der Waals surface area contributed by atoms with Crippen LogP contribution in [0.2, 0.25) is 0 Å². The van der Waals surface area contributed by atoms with Gasteiger partial charge in [0.25, 0.3) is 0 Å². The molecule has 0 aliphatic carbocycles. The van der Waals surface area contributed by atoms with E-state index in [0.717, 1.165) is 5.56 Å². The third-order valence-corrected chi connectivity index (χ3v) is 1.87. The molecule has 1 aromatic rings. The molecule has 0 aromatic heterocycles. The Morgan fingerprint density at radius 3 is 2.75 bits per heavy atom. The summed E-state index contributed by atoms with van der Waals surface area (Å²) < 4.78 is 13.1. The Labute approximate surface area is 72.4 Å². The third kappa shape index (κ3) is 1.65. The molecular formula is C11H11F. The van der Waals surface area contributed by atoms with Crippen LogP contribution in [0.25, 0.3) is 0 Å². The maximum Gasteiger partial charge on any atom is 0.127 e. The van der Waals surface area contributed by atoms with Crippen molar-refractivity contribution in [2.75, 3.05) is 0 Å². The van der Waals surface area contributed by atoms with Crippen LogP contribution in [0.1, 0.15) is 24.0 Å². The molecule has 1 unspecified atom stereocenters. The molecule has 62 valence electrons. The molecule has 1 heteroatoms. The topological polar surface area (TPSA) is 0 Å². The molecule has 1 rings (SSSR count). The summed E-state index contributed by atoms with van der Waals surface area (Å²) >= 11 is 0. The van der Waals surface area contributed by atoms with E-state index in [1.54, 1.807) is 12.1 Å². The molecule has 0 heterocycles.